The van der Waals surface area contributed by atoms with Gasteiger partial charge in [0.2, 0.25) is 0 Å². The molecule has 0 bridgehead atoms. The minimum Gasteiger partial charge on any atom is -0.370 e. The summed E-state index contributed by atoms with van der Waals surface area (Å²) >= 11 is 0. The Bertz CT molecular complexity index is 988. The lowest BCUT2D eigenvalue weighted by atomic mass is 9.46. The number of halogens is 1. The standard InChI is InChI=1S/C29H39FO4/c1-19(31)29(33-4)14-12-25-23-10-7-21-17-28(32,34-18-20-5-8-22(30)9-6-20)16-15-26(21,2)24(23)11-13-27(25,29)3/h5-9,23-25,32H,10-18H2,1-4H3/t23?,24?,25?,26-,27-,28-,29+/m0/s1. The number of allylic oxidation sites excluding steroid dienone is 1. The van der Waals surface area contributed by atoms with E-state index in [4.69, 9.17) is 9.47 Å². The zero-order valence-electron chi connectivity index (χ0n) is 21.0. The Kier molecular flexibility index (Phi) is 5.86. The summed E-state index contributed by atoms with van der Waals surface area (Å²) in [6.45, 7) is 6.67. The van der Waals surface area contributed by atoms with E-state index < -0.39 is 11.4 Å². The summed E-state index contributed by atoms with van der Waals surface area (Å²) in [6.07, 6.45) is 9.39. The highest BCUT2D eigenvalue weighted by atomic mass is 19.1. The number of hydrogen-bond acceptors (Lipinski definition) is 4. The van der Waals surface area contributed by atoms with Crippen LogP contribution in [0, 0.1) is 34.4 Å². The highest BCUT2D eigenvalue weighted by Crippen LogP contribution is 2.68. The Morgan fingerprint density at radius 1 is 1.09 bits per heavy atom. The Morgan fingerprint density at radius 3 is 2.47 bits per heavy atom. The van der Waals surface area contributed by atoms with Crippen LogP contribution in [0.25, 0.3) is 0 Å². The molecule has 3 saturated carbocycles. The molecule has 4 aliphatic rings. The molecule has 0 heterocycles. The van der Waals surface area contributed by atoms with Gasteiger partial charge in [-0.2, -0.15) is 0 Å². The van der Waals surface area contributed by atoms with Gasteiger partial charge in [0.05, 0.1) is 6.61 Å². The fourth-order valence-corrected chi connectivity index (χ4v) is 8.59. The Balaban J connectivity index is 1.35. The van der Waals surface area contributed by atoms with Crippen molar-refractivity contribution in [2.75, 3.05) is 7.11 Å². The van der Waals surface area contributed by atoms with Gasteiger partial charge in [-0.3, -0.25) is 4.79 Å². The van der Waals surface area contributed by atoms with Crippen LogP contribution in [0.5, 0.6) is 0 Å². The predicted molar refractivity (Wildman–Crippen MR) is 128 cm³/mol. The van der Waals surface area contributed by atoms with Crippen LogP contribution in [0.15, 0.2) is 35.9 Å². The molecule has 0 spiro atoms. The second-order valence-corrected chi connectivity index (χ2v) is 11.9. The zero-order chi connectivity index (χ0) is 24.4. The van der Waals surface area contributed by atoms with Crippen LogP contribution in [0.4, 0.5) is 4.39 Å². The average molecular weight is 471 g/mol. The van der Waals surface area contributed by atoms with Crippen molar-refractivity contribution in [2.24, 2.45) is 28.6 Å². The fraction of sp³-hybridized carbons (Fsp3) is 0.690. The van der Waals surface area contributed by atoms with Crippen LogP contribution in [0.2, 0.25) is 0 Å². The zero-order valence-corrected chi connectivity index (χ0v) is 21.0. The van der Waals surface area contributed by atoms with Gasteiger partial charge in [-0.05, 0) is 86.3 Å². The number of aliphatic hydroxyl groups is 1. The van der Waals surface area contributed by atoms with E-state index in [1.807, 2.05) is 0 Å². The van der Waals surface area contributed by atoms with Crippen molar-refractivity contribution in [2.45, 2.75) is 90.1 Å². The summed E-state index contributed by atoms with van der Waals surface area (Å²) in [5, 5.41) is 11.3. The molecule has 0 amide bonds. The smallest absolute Gasteiger partial charge is 0.169 e. The number of fused-ring (bicyclic) bond motifs is 5. The van der Waals surface area contributed by atoms with E-state index in [-0.39, 0.29) is 29.0 Å². The number of rotatable bonds is 5. The molecule has 4 aliphatic carbocycles. The van der Waals surface area contributed by atoms with Gasteiger partial charge in [-0.1, -0.05) is 37.6 Å². The lowest BCUT2D eigenvalue weighted by Crippen LogP contribution is -2.58. The molecule has 1 aromatic carbocycles. The molecule has 0 aromatic heterocycles. The first kappa shape index (κ1) is 24.1. The summed E-state index contributed by atoms with van der Waals surface area (Å²) in [5.41, 5.74) is 1.50. The first-order valence-electron chi connectivity index (χ1n) is 12.9. The van der Waals surface area contributed by atoms with Gasteiger partial charge in [-0.15, -0.1) is 0 Å². The van der Waals surface area contributed by atoms with E-state index in [9.17, 15) is 14.3 Å². The molecule has 5 rings (SSSR count). The number of carbonyl (C=O) groups excluding carboxylic acids is 1. The fourth-order valence-electron chi connectivity index (χ4n) is 8.59. The molecule has 0 aliphatic heterocycles. The third-order valence-corrected chi connectivity index (χ3v) is 10.6. The second kappa shape index (κ2) is 8.25. The molecular weight excluding hydrogens is 431 g/mol. The predicted octanol–water partition coefficient (Wildman–Crippen LogP) is 5.97. The Labute approximate surface area is 202 Å². The van der Waals surface area contributed by atoms with Crippen molar-refractivity contribution >= 4 is 5.78 Å². The maximum absolute atomic E-state index is 13.2. The lowest BCUT2D eigenvalue weighted by Gasteiger charge is -2.59. The normalized spacial score (nSPS) is 43.5. The van der Waals surface area contributed by atoms with E-state index in [0.717, 1.165) is 44.1 Å². The van der Waals surface area contributed by atoms with Crippen LogP contribution in [-0.4, -0.2) is 29.4 Å². The molecular formula is C29H39FO4. The van der Waals surface area contributed by atoms with Crippen molar-refractivity contribution in [3.63, 3.8) is 0 Å². The maximum atomic E-state index is 13.2. The summed E-state index contributed by atoms with van der Waals surface area (Å²) < 4.78 is 25.2. The second-order valence-electron chi connectivity index (χ2n) is 11.9. The van der Waals surface area contributed by atoms with Crippen LogP contribution >= 0.6 is 0 Å². The minimum atomic E-state index is -1.18. The average Bonchev–Trinajstić information content (AvgIpc) is 3.13. The van der Waals surface area contributed by atoms with Crippen LogP contribution < -0.4 is 0 Å². The first-order chi connectivity index (χ1) is 16.1. The van der Waals surface area contributed by atoms with E-state index in [1.165, 1.54) is 17.7 Å². The lowest BCUT2D eigenvalue weighted by molar-refractivity contribution is -0.232. The van der Waals surface area contributed by atoms with E-state index in [1.54, 1.807) is 26.2 Å². The molecule has 1 aromatic rings. The van der Waals surface area contributed by atoms with Crippen molar-refractivity contribution in [1.29, 1.82) is 0 Å². The number of Topliss-reactive ketones (excluding diaryl/α,β-unsaturated/α-hetero) is 1. The van der Waals surface area contributed by atoms with Crippen LogP contribution in [-0.2, 0) is 20.9 Å². The number of methoxy groups -OCH3 is 1. The summed E-state index contributed by atoms with van der Waals surface area (Å²) in [7, 11) is 1.72. The van der Waals surface area contributed by atoms with Crippen LogP contribution in [0.1, 0.15) is 77.7 Å². The largest absolute Gasteiger partial charge is 0.370 e. The highest BCUT2D eigenvalue weighted by Gasteiger charge is 2.66. The van der Waals surface area contributed by atoms with Gasteiger partial charge in [0.15, 0.2) is 11.6 Å². The number of ketones is 1. The van der Waals surface area contributed by atoms with Crippen molar-refractivity contribution < 1.29 is 23.8 Å². The summed E-state index contributed by atoms with van der Waals surface area (Å²) in [5.74, 6) is 0.331. The molecule has 3 unspecified atom stereocenters. The van der Waals surface area contributed by atoms with Crippen LogP contribution in [0.3, 0.4) is 0 Å². The third kappa shape index (κ3) is 3.45. The Morgan fingerprint density at radius 2 is 1.79 bits per heavy atom. The molecule has 7 atom stereocenters. The van der Waals surface area contributed by atoms with Crippen molar-refractivity contribution in [3.05, 3.63) is 47.3 Å². The minimum absolute atomic E-state index is 0.0598. The molecule has 1 N–H and O–H groups in total. The van der Waals surface area contributed by atoms with Gasteiger partial charge in [0.1, 0.15) is 11.4 Å². The Hall–Kier alpha value is -1.56. The van der Waals surface area contributed by atoms with Gasteiger partial charge >= 0.3 is 0 Å². The monoisotopic (exact) mass is 470 g/mol. The third-order valence-electron chi connectivity index (χ3n) is 10.6. The van der Waals surface area contributed by atoms with Crippen molar-refractivity contribution in [3.8, 4) is 0 Å². The topological polar surface area (TPSA) is 55.8 Å². The quantitative estimate of drug-likeness (QED) is 0.426. The number of benzene rings is 1. The van der Waals surface area contributed by atoms with Crippen molar-refractivity contribution in [1.82, 2.24) is 0 Å². The molecule has 4 nitrogen and oxygen atoms in total. The SMILES string of the molecule is CO[C@@]1(C(C)=O)CCC2C3CC=C4C[C@@](O)(OCc5ccc(F)cc5)CC[C@]4(C)C3CC[C@@]21C. The first-order valence-corrected chi connectivity index (χ1v) is 12.9. The molecule has 3 fully saturated rings. The molecule has 0 radical (unpaired) electrons. The van der Waals surface area contributed by atoms with Gasteiger partial charge in [0, 0.05) is 25.4 Å². The number of hydrogen-bond donors (Lipinski definition) is 1. The number of carbonyl (C=O) groups is 1. The maximum Gasteiger partial charge on any atom is 0.169 e. The van der Waals surface area contributed by atoms with E-state index >= 15 is 0 Å². The van der Waals surface area contributed by atoms with E-state index in [0.29, 0.717) is 30.6 Å². The number of ether oxygens (including phenoxy) is 2. The van der Waals surface area contributed by atoms with E-state index in [2.05, 4.69) is 19.9 Å². The molecule has 186 valence electrons. The van der Waals surface area contributed by atoms with Gasteiger partial charge in [0.25, 0.3) is 0 Å². The molecule has 34 heavy (non-hydrogen) atoms. The molecule has 5 heteroatoms. The summed E-state index contributed by atoms with van der Waals surface area (Å²) in [4.78, 5) is 12.8. The van der Waals surface area contributed by atoms with Gasteiger partial charge in [-0.25, -0.2) is 4.39 Å². The molecule has 0 saturated heterocycles. The summed E-state index contributed by atoms with van der Waals surface area (Å²) in [6, 6.07) is 6.26. The highest BCUT2D eigenvalue weighted by molar-refractivity contribution is 5.86. The van der Waals surface area contributed by atoms with Gasteiger partial charge < -0.3 is 14.6 Å².